The second kappa shape index (κ2) is 8.15. The third-order valence-corrected chi connectivity index (χ3v) is 2.64. The minimum atomic E-state index is -0.399. The Morgan fingerprint density at radius 1 is 1.47 bits per heavy atom. The molecule has 0 aromatic rings. The largest absolute Gasteiger partial charge is 0.495 e. The van der Waals surface area contributed by atoms with Crippen LogP contribution in [-0.2, 0) is 14.3 Å². The summed E-state index contributed by atoms with van der Waals surface area (Å²) in [5.41, 5.74) is -0.399. The highest BCUT2D eigenvalue weighted by Gasteiger charge is 2.31. The standard InChI is InChI=1S/C11H18O3.3CH4/c1-5-11(3,4)10(12)14-9-6-8(2)13-7-9;;;/h9H,2,5-7H2,1,3-4H3;3*1H4. The lowest BCUT2D eigenvalue weighted by molar-refractivity contribution is -0.159. The van der Waals surface area contributed by atoms with Gasteiger partial charge in [0.25, 0.3) is 0 Å². The van der Waals surface area contributed by atoms with Crippen molar-refractivity contribution < 1.29 is 14.3 Å². The van der Waals surface area contributed by atoms with Crippen molar-refractivity contribution in [2.75, 3.05) is 6.61 Å². The van der Waals surface area contributed by atoms with Crippen LogP contribution in [0.1, 0.15) is 55.9 Å². The Labute approximate surface area is 107 Å². The normalized spacial score (nSPS) is 18.1. The maximum absolute atomic E-state index is 11.7. The fraction of sp³-hybridized carbons (Fsp3) is 0.786. The minimum absolute atomic E-state index is 0. The number of rotatable bonds is 3. The van der Waals surface area contributed by atoms with Gasteiger partial charge in [-0.3, -0.25) is 4.79 Å². The van der Waals surface area contributed by atoms with Crippen molar-refractivity contribution in [3.05, 3.63) is 12.3 Å². The summed E-state index contributed by atoms with van der Waals surface area (Å²) in [6.07, 6.45) is 1.27. The van der Waals surface area contributed by atoms with Gasteiger partial charge in [-0.25, -0.2) is 0 Å². The molecule has 1 aliphatic heterocycles. The molecule has 1 aliphatic rings. The fourth-order valence-electron chi connectivity index (χ4n) is 1.11. The van der Waals surface area contributed by atoms with Crippen molar-refractivity contribution in [3.8, 4) is 0 Å². The predicted molar refractivity (Wildman–Crippen MR) is 73.9 cm³/mol. The summed E-state index contributed by atoms with van der Waals surface area (Å²) in [5.74, 6) is 0.556. The lowest BCUT2D eigenvalue weighted by atomic mass is 9.90. The van der Waals surface area contributed by atoms with Crippen LogP contribution in [0.5, 0.6) is 0 Å². The Bertz CT molecular complexity index is 244. The SMILES string of the molecule is C.C.C.C=C1CC(OC(=O)C(C)(C)CC)CO1. The predicted octanol–water partition coefficient (Wildman–Crippen LogP) is 4.18. The lowest BCUT2D eigenvalue weighted by Crippen LogP contribution is -2.30. The first-order chi connectivity index (χ1) is 6.45. The van der Waals surface area contributed by atoms with E-state index in [0.29, 0.717) is 18.8 Å². The van der Waals surface area contributed by atoms with E-state index in [1.165, 1.54) is 0 Å². The number of hydrogen-bond acceptors (Lipinski definition) is 3. The van der Waals surface area contributed by atoms with Gasteiger partial charge in [0.15, 0.2) is 0 Å². The Kier molecular flexibility index (Phi) is 10.2. The molecule has 1 unspecified atom stereocenters. The van der Waals surface area contributed by atoms with Gasteiger partial charge >= 0.3 is 5.97 Å². The van der Waals surface area contributed by atoms with E-state index in [-0.39, 0.29) is 34.4 Å². The van der Waals surface area contributed by atoms with Gasteiger partial charge in [0.05, 0.1) is 11.2 Å². The molecular formula is C14H30O3. The molecule has 1 fully saturated rings. The van der Waals surface area contributed by atoms with Gasteiger partial charge in [-0.1, -0.05) is 35.8 Å². The first kappa shape index (κ1) is 21.3. The Balaban J connectivity index is -0.000000653. The van der Waals surface area contributed by atoms with E-state index >= 15 is 0 Å². The highest BCUT2D eigenvalue weighted by Crippen LogP contribution is 2.25. The van der Waals surface area contributed by atoms with Crippen LogP contribution < -0.4 is 0 Å². The van der Waals surface area contributed by atoms with Gasteiger partial charge in [0, 0.05) is 6.42 Å². The zero-order chi connectivity index (χ0) is 10.8. The summed E-state index contributed by atoms with van der Waals surface area (Å²) in [6.45, 7) is 9.88. The molecule has 1 atom stereocenters. The first-order valence-electron chi connectivity index (χ1n) is 4.97. The average molecular weight is 246 g/mol. The molecule has 17 heavy (non-hydrogen) atoms. The van der Waals surface area contributed by atoms with Gasteiger partial charge in [-0.15, -0.1) is 0 Å². The molecule has 0 amide bonds. The van der Waals surface area contributed by atoms with Crippen LogP contribution in [-0.4, -0.2) is 18.7 Å². The minimum Gasteiger partial charge on any atom is -0.495 e. The topological polar surface area (TPSA) is 35.5 Å². The van der Waals surface area contributed by atoms with E-state index in [2.05, 4.69) is 6.58 Å². The van der Waals surface area contributed by atoms with Gasteiger partial charge < -0.3 is 9.47 Å². The molecule has 0 spiro atoms. The molecule has 0 aromatic carbocycles. The van der Waals surface area contributed by atoms with Crippen LogP contribution in [0.4, 0.5) is 0 Å². The molecule has 0 bridgehead atoms. The van der Waals surface area contributed by atoms with E-state index in [9.17, 15) is 4.79 Å². The lowest BCUT2D eigenvalue weighted by Gasteiger charge is -2.22. The zero-order valence-electron chi connectivity index (χ0n) is 9.13. The van der Waals surface area contributed by atoms with Crippen LogP contribution in [0.2, 0.25) is 0 Å². The third kappa shape index (κ3) is 5.76. The molecule has 104 valence electrons. The summed E-state index contributed by atoms with van der Waals surface area (Å²) in [5, 5.41) is 0. The van der Waals surface area contributed by atoms with Crippen LogP contribution in [0.15, 0.2) is 12.3 Å². The van der Waals surface area contributed by atoms with E-state index in [1.54, 1.807) is 0 Å². The van der Waals surface area contributed by atoms with Gasteiger partial charge in [0.2, 0.25) is 0 Å². The van der Waals surface area contributed by atoms with Crippen LogP contribution in [0.3, 0.4) is 0 Å². The van der Waals surface area contributed by atoms with Crippen LogP contribution >= 0.6 is 0 Å². The van der Waals surface area contributed by atoms with Crippen LogP contribution in [0, 0.1) is 5.41 Å². The third-order valence-electron chi connectivity index (χ3n) is 2.64. The Morgan fingerprint density at radius 3 is 2.35 bits per heavy atom. The fourth-order valence-corrected chi connectivity index (χ4v) is 1.11. The number of carbonyl (C=O) groups is 1. The van der Waals surface area contributed by atoms with E-state index in [1.807, 2.05) is 20.8 Å². The molecular weight excluding hydrogens is 216 g/mol. The van der Waals surface area contributed by atoms with Crippen molar-refractivity contribution in [2.45, 2.75) is 62.0 Å². The molecule has 0 aromatic heterocycles. The molecule has 1 heterocycles. The molecule has 0 saturated carbocycles. The highest BCUT2D eigenvalue weighted by molar-refractivity contribution is 5.76. The van der Waals surface area contributed by atoms with Gasteiger partial charge in [0.1, 0.15) is 12.7 Å². The summed E-state index contributed by atoms with van der Waals surface area (Å²) in [4.78, 5) is 11.7. The van der Waals surface area contributed by atoms with E-state index < -0.39 is 5.41 Å². The quantitative estimate of drug-likeness (QED) is 0.701. The summed E-state index contributed by atoms with van der Waals surface area (Å²) < 4.78 is 10.5. The number of ether oxygens (including phenoxy) is 2. The molecule has 0 radical (unpaired) electrons. The first-order valence-corrected chi connectivity index (χ1v) is 4.97. The summed E-state index contributed by atoms with van der Waals surface area (Å²) in [6, 6.07) is 0. The van der Waals surface area contributed by atoms with Gasteiger partial charge in [-0.2, -0.15) is 0 Å². The summed E-state index contributed by atoms with van der Waals surface area (Å²) >= 11 is 0. The number of hydrogen-bond donors (Lipinski definition) is 0. The molecule has 3 nitrogen and oxygen atoms in total. The molecule has 0 N–H and O–H groups in total. The Hall–Kier alpha value is -0.990. The van der Waals surface area contributed by atoms with E-state index in [4.69, 9.17) is 9.47 Å². The van der Waals surface area contributed by atoms with Gasteiger partial charge in [-0.05, 0) is 20.3 Å². The smallest absolute Gasteiger partial charge is 0.311 e. The van der Waals surface area contributed by atoms with Crippen LogP contribution in [0.25, 0.3) is 0 Å². The molecule has 3 heteroatoms. The number of carbonyl (C=O) groups excluding carboxylic acids is 1. The second-order valence-corrected chi connectivity index (χ2v) is 4.32. The highest BCUT2D eigenvalue weighted by atomic mass is 16.6. The second-order valence-electron chi connectivity index (χ2n) is 4.32. The van der Waals surface area contributed by atoms with Crippen molar-refractivity contribution in [3.63, 3.8) is 0 Å². The van der Waals surface area contributed by atoms with Crippen molar-refractivity contribution in [1.82, 2.24) is 0 Å². The molecule has 0 aliphatic carbocycles. The maximum Gasteiger partial charge on any atom is 0.311 e. The molecule has 1 saturated heterocycles. The maximum atomic E-state index is 11.7. The molecule has 1 rings (SSSR count). The van der Waals surface area contributed by atoms with Crippen molar-refractivity contribution >= 4 is 5.97 Å². The Morgan fingerprint density at radius 2 is 2.00 bits per heavy atom. The average Bonchev–Trinajstić information content (AvgIpc) is 2.51. The van der Waals surface area contributed by atoms with Crippen molar-refractivity contribution in [2.24, 2.45) is 5.41 Å². The monoisotopic (exact) mass is 246 g/mol. The zero-order valence-corrected chi connectivity index (χ0v) is 9.13. The van der Waals surface area contributed by atoms with Crippen molar-refractivity contribution in [1.29, 1.82) is 0 Å². The number of esters is 1. The van der Waals surface area contributed by atoms with E-state index in [0.717, 1.165) is 6.42 Å². The summed E-state index contributed by atoms with van der Waals surface area (Å²) in [7, 11) is 0.